The Morgan fingerprint density at radius 2 is 1.73 bits per heavy atom. The second-order valence-corrected chi connectivity index (χ2v) is 18.2. The van der Waals surface area contributed by atoms with Crippen LogP contribution in [0.5, 0.6) is 5.75 Å². The van der Waals surface area contributed by atoms with Gasteiger partial charge in [0.05, 0.1) is 47.9 Å². The van der Waals surface area contributed by atoms with Gasteiger partial charge in [-0.1, -0.05) is 18.2 Å². The minimum absolute atomic E-state index is 0.106. The van der Waals surface area contributed by atoms with Crippen molar-refractivity contribution in [3.8, 4) is 16.9 Å². The number of rotatable bonds is 11. The summed E-state index contributed by atoms with van der Waals surface area (Å²) < 4.78 is 53.1. The number of nitrogens with one attached hydrogen (secondary N) is 2. The number of aromatic hydroxyl groups is 1. The number of hydrogen-bond acceptors (Lipinski definition) is 11. The van der Waals surface area contributed by atoms with E-state index >= 15 is 0 Å². The van der Waals surface area contributed by atoms with E-state index in [4.69, 9.17) is 19.8 Å². The molecule has 4 fully saturated rings. The summed E-state index contributed by atoms with van der Waals surface area (Å²) in [6.45, 7) is 4.83. The van der Waals surface area contributed by atoms with Gasteiger partial charge in [-0.25, -0.2) is 23.5 Å². The van der Waals surface area contributed by atoms with Gasteiger partial charge in [0.1, 0.15) is 11.6 Å². The van der Waals surface area contributed by atoms with Crippen LogP contribution in [0.4, 0.5) is 19.1 Å². The normalized spacial score (nSPS) is 21.1. The molecule has 3 saturated heterocycles. The third-order valence-corrected chi connectivity index (χ3v) is 13.8. The monoisotopic (exact) mass is 906 g/mol. The molecule has 3 aliphatic heterocycles. The number of imidazole rings is 1. The van der Waals surface area contributed by atoms with Crippen LogP contribution in [0.1, 0.15) is 73.0 Å². The summed E-state index contributed by atoms with van der Waals surface area (Å²) in [5.41, 5.74) is 3.89. The van der Waals surface area contributed by atoms with Crippen molar-refractivity contribution in [3.05, 3.63) is 100 Å². The maximum Gasteiger partial charge on any atom is 0.329 e. The van der Waals surface area contributed by atoms with Crippen LogP contribution in [0.3, 0.4) is 0 Å². The molecular weight excluding hydrogens is 858 g/mol. The van der Waals surface area contributed by atoms with E-state index in [0.29, 0.717) is 43.6 Å². The Bertz CT molecular complexity index is 2940. The zero-order chi connectivity index (χ0) is 45.9. The quantitative estimate of drug-likeness (QED) is 0.119. The Balaban J connectivity index is 0.694. The summed E-state index contributed by atoms with van der Waals surface area (Å²) in [5, 5.41) is 20.1. The first-order valence-electron chi connectivity index (χ1n) is 22.4. The van der Waals surface area contributed by atoms with Crippen molar-refractivity contribution in [1.29, 1.82) is 0 Å². The third-order valence-electron chi connectivity index (χ3n) is 13.8. The van der Waals surface area contributed by atoms with E-state index in [0.717, 1.165) is 91.3 Å². The second kappa shape index (κ2) is 17.3. The number of morpholine rings is 1. The number of benzene rings is 3. The van der Waals surface area contributed by atoms with Crippen LogP contribution in [-0.4, -0.2) is 108 Å². The van der Waals surface area contributed by atoms with Crippen LogP contribution in [0, 0.1) is 23.4 Å². The fraction of sp³-hybridized carbons (Fsp3) is 0.426. The van der Waals surface area contributed by atoms with Gasteiger partial charge in [-0.3, -0.25) is 38.4 Å². The molecule has 1 aliphatic carbocycles. The number of fused-ring (bicyclic) bond motifs is 2. The van der Waals surface area contributed by atoms with Crippen molar-refractivity contribution in [1.82, 2.24) is 44.4 Å². The molecule has 16 nitrogen and oxygen atoms in total. The van der Waals surface area contributed by atoms with Gasteiger partial charge in [0.25, 0.3) is 5.91 Å². The molecule has 6 aromatic rings. The highest BCUT2D eigenvalue weighted by molar-refractivity contribution is 6.00. The number of carbonyl (C=O) groups excluding carboxylic acids is 3. The molecule has 10 rings (SSSR count). The summed E-state index contributed by atoms with van der Waals surface area (Å²) in [5.74, 6) is -7.16. The molecule has 0 bridgehead atoms. The van der Waals surface area contributed by atoms with Crippen molar-refractivity contribution in [2.45, 2.75) is 69.1 Å². The Morgan fingerprint density at radius 1 is 0.939 bits per heavy atom. The number of aryl methyl sites for hydroxylation is 2. The van der Waals surface area contributed by atoms with Crippen molar-refractivity contribution in [2.75, 3.05) is 50.8 Å². The molecule has 3 aromatic heterocycles. The number of piperidine rings is 1. The molecule has 4 aliphatic rings. The molecular formula is C47H49F3N10O6. The van der Waals surface area contributed by atoms with E-state index in [1.165, 1.54) is 4.57 Å². The number of nitrogens with zero attached hydrogens (tertiary/aromatic N) is 8. The fourth-order valence-corrected chi connectivity index (χ4v) is 10.1. The summed E-state index contributed by atoms with van der Waals surface area (Å²) in [7, 11) is 1.71. The number of imide groups is 1. The number of amides is 3. The summed E-state index contributed by atoms with van der Waals surface area (Å²) in [6.07, 6.45) is 11.1. The van der Waals surface area contributed by atoms with E-state index < -0.39 is 46.6 Å². The number of aromatic nitrogens is 6. The number of ether oxygens (including phenoxy) is 1. The number of hydrogen-bond donors (Lipinski definition) is 3. The number of carbonyl (C=O) groups is 3. The first kappa shape index (κ1) is 43.3. The molecule has 6 heterocycles. The van der Waals surface area contributed by atoms with E-state index in [-0.39, 0.29) is 42.1 Å². The first-order chi connectivity index (χ1) is 31.8. The molecule has 19 heteroatoms. The molecule has 3 N–H and O–H groups in total. The second-order valence-electron chi connectivity index (χ2n) is 18.2. The van der Waals surface area contributed by atoms with Crippen LogP contribution < -0.4 is 21.2 Å². The van der Waals surface area contributed by atoms with Gasteiger partial charge in [-0.05, 0) is 92.8 Å². The number of phenolic OH excluding ortho intramolecular Hbond substituents is 1. The van der Waals surface area contributed by atoms with Crippen LogP contribution in [0.25, 0.3) is 33.1 Å². The predicted octanol–water partition coefficient (Wildman–Crippen LogP) is 4.93. The van der Waals surface area contributed by atoms with Crippen LogP contribution in [0.15, 0.2) is 65.8 Å². The maximum atomic E-state index is 14.2. The van der Waals surface area contributed by atoms with E-state index in [2.05, 4.69) is 20.4 Å². The van der Waals surface area contributed by atoms with Crippen molar-refractivity contribution >= 4 is 45.6 Å². The zero-order valence-corrected chi connectivity index (χ0v) is 36.3. The predicted molar refractivity (Wildman–Crippen MR) is 236 cm³/mol. The van der Waals surface area contributed by atoms with Crippen molar-refractivity contribution in [3.63, 3.8) is 0 Å². The number of halogens is 3. The third kappa shape index (κ3) is 8.18. The standard InChI is InChI=1S/C47H49F3N10O6/c1-56-38-17-27(6-11-36(38)60(46(56)65)37-12-13-39(61)54-44(37)64)3-2-14-57-15-16-66-47(24-57)25-58(26-47)45-52-21-31(22-53-45)29-7-8-30-23-59(55-35(30)18-29)32-9-4-28(5-10-32)20-51-43(63)33-19-34(48)42(62)41(50)40(33)49/h6-8,11,17-19,21-23,28,32,37,62H,2-5,9-10,12-16,20,24-26H2,1H3,(H,51,63)(H,54,61,64). The molecule has 1 spiro atoms. The smallest absolute Gasteiger partial charge is 0.329 e. The van der Waals surface area contributed by atoms with E-state index in [1.807, 2.05) is 59.7 Å². The molecule has 1 saturated carbocycles. The number of anilines is 1. The summed E-state index contributed by atoms with van der Waals surface area (Å²) in [6, 6.07) is 12.0. The minimum atomic E-state index is -1.79. The molecule has 3 aromatic carbocycles. The number of phenols is 1. The van der Waals surface area contributed by atoms with Gasteiger partial charge in [-0.15, -0.1) is 0 Å². The lowest BCUT2D eigenvalue weighted by Gasteiger charge is -2.53. The zero-order valence-electron chi connectivity index (χ0n) is 36.3. The highest BCUT2D eigenvalue weighted by Gasteiger charge is 2.48. The van der Waals surface area contributed by atoms with Gasteiger partial charge < -0.3 is 20.1 Å². The van der Waals surface area contributed by atoms with Gasteiger partial charge in [0.2, 0.25) is 23.6 Å². The Kier molecular flexibility index (Phi) is 11.4. The minimum Gasteiger partial charge on any atom is -0.503 e. The van der Waals surface area contributed by atoms with Gasteiger partial charge in [0, 0.05) is 62.6 Å². The highest BCUT2D eigenvalue weighted by Crippen LogP contribution is 2.35. The lowest BCUT2D eigenvalue weighted by Crippen LogP contribution is -2.70. The van der Waals surface area contributed by atoms with Crippen LogP contribution in [0.2, 0.25) is 0 Å². The average Bonchev–Trinajstić information content (AvgIpc) is 3.85. The Hall–Kier alpha value is -6.60. The van der Waals surface area contributed by atoms with Crippen LogP contribution >= 0.6 is 0 Å². The van der Waals surface area contributed by atoms with Crippen LogP contribution in [-0.2, 0) is 27.8 Å². The Labute approximate surface area is 376 Å². The molecule has 3 amide bonds. The lowest BCUT2D eigenvalue weighted by molar-refractivity contribution is -0.135. The first-order valence-corrected chi connectivity index (χ1v) is 22.4. The Morgan fingerprint density at radius 3 is 2.50 bits per heavy atom. The molecule has 66 heavy (non-hydrogen) atoms. The topological polar surface area (TPSA) is 182 Å². The largest absolute Gasteiger partial charge is 0.503 e. The van der Waals surface area contributed by atoms with Crippen molar-refractivity contribution < 1.29 is 37.4 Å². The van der Waals surface area contributed by atoms with Gasteiger partial charge in [0.15, 0.2) is 17.4 Å². The molecule has 344 valence electrons. The summed E-state index contributed by atoms with van der Waals surface area (Å²) in [4.78, 5) is 64.0. The average molecular weight is 907 g/mol. The molecule has 1 unspecified atom stereocenters. The SMILES string of the molecule is Cn1c(=O)n(C2CCC(=O)NC2=O)c2ccc(CCCN3CCOC4(C3)CN(c3ncc(-c5ccc6cn(C7CCC(CNC(=O)c8cc(F)c(O)c(F)c8F)CC7)nc6c5)cn3)C4)cc21. The van der Waals surface area contributed by atoms with E-state index in [1.54, 1.807) is 11.6 Å². The van der Waals surface area contributed by atoms with Crippen molar-refractivity contribution in [2.24, 2.45) is 13.0 Å². The molecule has 1 atom stereocenters. The fourth-order valence-electron chi connectivity index (χ4n) is 10.1. The lowest BCUT2D eigenvalue weighted by atomic mass is 9.86. The highest BCUT2D eigenvalue weighted by atomic mass is 19.2. The maximum absolute atomic E-state index is 14.2. The van der Waals surface area contributed by atoms with Gasteiger partial charge in [-0.2, -0.15) is 9.49 Å². The molecule has 0 radical (unpaired) electrons. The van der Waals surface area contributed by atoms with E-state index in [9.17, 15) is 37.5 Å². The summed E-state index contributed by atoms with van der Waals surface area (Å²) >= 11 is 0. The van der Waals surface area contributed by atoms with Gasteiger partial charge >= 0.3 is 5.69 Å².